The number of piperidine rings is 1. The lowest BCUT2D eigenvalue weighted by atomic mass is 9.89. The Kier molecular flexibility index (Phi) is 3.83. The Bertz CT molecular complexity index is 1020. The van der Waals surface area contributed by atoms with E-state index in [0.717, 1.165) is 48.7 Å². The van der Waals surface area contributed by atoms with Gasteiger partial charge in [-0.1, -0.05) is 18.2 Å². The lowest BCUT2D eigenvalue weighted by Crippen LogP contribution is -2.43. The Hall–Kier alpha value is -2.18. The molecule has 5 rings (SSSR count). The number of rotatable bonds is 3. The van der Waals surface area contributed by atoms with Crippen LogP contribution in [0.5, 0.6) is 0 Å². The first-order chi connectivity index (χ1) is 12.7. The first-order valence-corrected chi connectivity index (χ1v) is 10.1. The van der Waals surface area contributed by atoms with Crippen LogP contribution in [0.2, 0.25) is 0 Å². The van der Waals surface area contributed by atoms with Crippen molar-refractivity contribution in [2.45, 2.75) is 31.7 Å². The molecule has 2 atom stereocenters. The van der Waals surface area contributed by atoms with Gasteiger partial charge in [0.1, 0.15) is 0 Å². The Morgan fingerprint density at radius 1 is 1.35 bits per heavy atom. The SMILES string of the molecule is Cc1nc2sccn2c(=O)c1CCN1CC[C@H]2Nc3ccccc3[C@@H]2C1. The first-order valence-electron chi connectivity index (χ1n) is 9.24. The minimum Gasteiger partial charge on any atom is -0.381 e. The molecule has 1 saturated heterocycles. The molecule has 0 spiro atoms. The second-order valence-corrected chi connectivity index (χ2v) is 8.19. The highest BCUT2D eigenvalue weighted by Crippen LogP contribution is 2.39. The van der Waals surface area contributed by atoms with E-state index in [1.54, 1.807) is 4.40 Å². The quantitative estimate of drug-likeness (QED) is 0.774. The number of nitrogens with zero attached hydrogens (tertiary/aromatic N) is 3. The van der Waals surface area contributed by atoms with E-state index in [0.29, 0.717) is 12.0 Å². The fraction of sp³-hybridized carbons (Fsp3) is 0.400. The highest BCUT2D eigenvalue weighted by Gasteiger charge is 2.36. The Balaban J connectivity index is 1.33. The van der Waals surface area contributed by atoms with Gasteiger partial charge in [-0.3, -0.25) is 9.20 Å². The van der Waals surface area contributed by atoms with Crippen molar-refractivity contribution in [2.24, 2.45) is 0 Å². The summed E-state index contributed by atoms with van der Waals surface area (Å²) in [5, 5.41) is 5.60. The van der Waals surface area contributed by atoms with Crippen molar-refractivity contribution in [3.63, 3.8) is 0 Å². The fourth-order valence-electron chi connectivity index (χ4n) is 4.44. The van der Waals surface area contributed by atoms with E-state index in [1.165, 1.54) is 22.6 Å². The van der Waals surface area contributed by atoms with Crippen LogP contribution in [0, 0.1) is 6.92 Å². The summed E-state index contributed by atoms with van der Waals surface area (Å²) < 4.78 is 1.68. The van der Waals surface area contributed by atoms with Crippen LogP contribution in [0.25, 0.3) is 4.96 Å². The van der Waals surface area contributed by atoms with Crippen LogP contribution in [0.3, 0.4) is 0 Å². The van der Waals surface area contributed by atoms with Crippen molar-refractivity contribution in [3.8, 4) is 0 Å². The topological polar surface area (TPSA) is 49.6 Å². The highest BCUT2D eigenvalue weighted by atomic mass is 32.1. The highest BCUT2D eigenvalue weighted by molar-refractivity contribution is 7.15. The Morgan fingerprint density at radius 2 is 2.23 bits per heavy atom. The molecule has 1 aromatic carbocycles. The molecule has 0 unspecified atom stereocenters. The molecule has 3 aromatic rings. The number of hydrogen-bond acceptors (Lipinski definition) is 5. The molecule has 2 aliphatic heterocycles. The van der Waals surface area contributed by atoms with E-state index in [9.17, 15) is 4.79 Å². The van der Waals surface area contributed by atoms with Crippen molar-refractivity contribution in [3.05, 3.63) is 63.0 Å². The number of fused-ring (bicyclic) bond motifs is 4. The molecule has 0 saturated carbocycles. The number of aromatic nitrogens is 2. The third kappa shape index (κ3) is 2.56. The molecule has 0 aliphatic carbocycles. The third-order valence-corrected chi connectivity index (χ3v) is 6.60. The van der Waals surface area contributed by atoms with Gasteiger partial charge >= 0.3 is 0 Å². The first kappa shape index (κ1) is 16.0. The van der Waals surface area contributed by atoms with Crippen LogP contribution in [0.4, 0.5) is 5.69 Å². The summed E-state index contributed by atoms with van der Waals surface area (Å²) >= 11 is 1.51. The molecule has 134 valence electrons. The summed E-state index contributed by atoms with van der Waals surface area (Å²) in [6, 6.07) is 9.23. The molecule has 2 aliphatic rings. The lowest BCUT2D eigenvalue weighted by Gasteiger charge is -2.35. The maximum absolute atomic E-state index is 12.7. The molecule has 4 heterocycles. The minimum absolute atomic E-state index is 0.0940. The number of nitrogens with one attached hydrogen (secondary N) is 1. The van der Waals surface area contributed by atoms with Crippen molar-refractivity contribution < 1.29 is 0 Å². The van der Waals surface area contributed by atoms with Gasteiger partial charge in [0, 0.05) is 60.1 Å². The monoisotopic (exact) mass is 366 g/mol. The van der Waals surface area contributed by atoms with Crippen molar-refractivity contribution >= 4 is 22.0 Å². The van der Waals surface area contributed by atoms with Crippen LogP contribution in [-0.2, 0) is 6.42 Å². The van der Waals surface area contributed by atoms with Gasteiger partial charge in [-0.05, 0) is 31.4 Å². The number of likely N-dealkylation sites (tertiary alicyclic amines) is 1. The summed E-state index contributed by atoms with van der Waals surface area (Å²) in [5.74, 6) is 0.555. The summed E-state index contributed by atoms with van der Waals surface area (Å²) in [5.41, 5.74) is 4.56. The van der Waals surface area contributed by atoms with Gasteiger partial charge in [0.15, 0.2) is 4.96 Å². The summed E-state index contributed by atoms with van der Waals surface area (Å²) in [4.78, 5) is 20.6. The van der Waals surface area contributed by atoms with Crippen molar-refractivity contribution in [2.75, 3.05) is 25.0 Å². The van der Waals surface area contributed by atoms with Crippen molar-refractivity contribution in [1.82, 2.24) is 14.3 Å². The van der Waals surface area contributed by atoms with Gasteiger partial charge in [-0.25, -0.2) is 4.98 Å². The number of para-hydroxylation sites is 1. The van der Waals surface area contributed by atoms with Gasteiger partial charge in [0.2, 0.25) is 0 Å². The Labute approximate surface area is 156 Å². The predicted molar refractivity (Wildman–Crippen MR) is 105 cm³/mol. The van der Waals surface area contributed by atoms with Gasteiger partial charge in [0.05, 0.1) is 0 Å². The molecule has 6 heteroatoms. The molecular formula is C20H22N4OS. The van der Waals surface area contributed by atoms with Gasteiger partial charge < -0.3 is 10.2 Å². The van der Waals surface area contributed by atoms with Gasteiger partial charge in [-0.2, -0.15) is 0 Å². The molecule has 5 nitrogen and oxygen atoms in total. The predicted octanol–water partition coefficient (Wildman–Crippen LogP) is 2.89. The molecule has 1 fully saturated rings. The average Bonchev–Trinajstić information content (AvgIpc) is 3.25. The van der Waals surface area contributed by atoms with E-state index < -0.39 is 0 Å². The Morgan fingerprint density at radius 3 is 3.15 bits per heavy atom. The van der Waals surface area contributed by atoms with Crippen LogP contribution in [-0.4, -0.2) is 40.0 Å². The number of thiazole rings is 1. The zero-order chi connectivity index (χ0) is 17.7. The third-order valence-electron chi connectivity index (χ3n) is 5.84. The number of hydrogen-bond donors (Lipinski definition) is 1. The molecule has 0 amide bonds. The summed E-state index contributed by atoms with van der Waals surface area (Å²) in [6.45, 7) is 5.01. The van der Waals surface area contributed by atoms with E-state index in [1.807, 2.05) is 18.5 Å². The molecule has 0 radical (unpaired) electrons. The number of anilines is 1. The number of benzene rings is 1. The summed E-state index contributed by atoms with van der Waals surface area (Å²) in [7, 11) is 0. The molecule has 2 aromatic heterocycles. The zero-order valence-electron chi connectivity index (χ0n) is 14.8. The van der Waals surface area contributed by atoms with E-state index in [4.69, 9.17) is 0 Å². The molecule has 26 heavy (non-hydrogen) atoms. The van der Waals surface area contributed by atoms with E-state index in [2.05, 4.69) is 39.5 Å². The van der Waals surface area contributed by atoms with E-state index >= 15 is 0 Å². The second-order valence-electron chi connectivity index (χ2n) is 7.32. The van der Waals surface area contributed by atoms with Crippen LogP contribution in [0.1, 0.15) is 29.2 Å². The lowest BCUT2D eigenvalue weighted by molar-refractivity contribution is 0.204. The minimum atomic E-state index is 0.0940. The van der Waals surface area contributed by atoms with Gasteiger partial charge in [0.25, 0.3) is 5.56 Å². The maximum Gasteiger partial charge on any atom is 0.261 e. The smallest absolute Gasteiger partial charge is 0.261 e. The van der Waals surface area contributed by atoms with Crippen molar-refractivity contribution in [1.29, 1.82) is 0 Å². The molecule has 1 N–H and O–H groups in total. The van der Waals surface area contributed by atoms with Crippen LogP contribution < -0.4 is 10.9 Å². The fourth-order valence-corrected chi connectivity index (χ4v) is 5.19. The normalized spacial score (nSPS) is 22.2. The largest absolute Gasteiger partial charge is 0.381 e. The summed E-state index contributed by atoms with van der Waals surface area (Å²) in [6.07, 6.45) is 3.74. The maximum atomic E-state index is 12.7. The van der Waals surface area contributed by atoms with E-state index in [-0.39, 0.29) is 5.56 Å². The molecular weight excluding hydrogens is 344 g/mol. The van der Waals surface area contributed by atoms with Crippen LogP contribution in [0.15, 0.2) is 40.6 Å². The average molecular weight is 366 g/mol. The number of aryl methyl sites for hydroxylation is 1. The molecule has 0 bridgehead atoms. The van der Waals surface area contributed by atoms with Gasteiger partial charge in [-0.15, -0.1) is 11.3 Å². The zero-order valence-corrected chi connectivity index (χ0v) is 15.6. The second kappa shape index (κ2) is 6.21. The van der Waals surface area contributed by atoms with Crippen LogP contribution >= 0.6 is 11.3 Å². The standard InChI is InChI=1S/C20H22N4OS/c1-13-14(19(25)24-10-11-26-20(24)21-13)6-8-23-9-7-18-16(12-23)15-4-2-3-5-17(15)22-18/h2-5,10-11,16,18,22H,6-9,12H2,1H3/t16-,18+/m0/s1.